The van der Waals surface area contributed by atoms with Gasteiger partial charge < -0.3 is 9.67 Å². The third kappa shape index (κ3) is 3.10. The van der Waals surface area contributed by atoms with Crippen LogP contribution in [0, 0.1) is 5.82 Å². The summed E-state index contributed by atoms with van der Waals surface area (Å²) >= 11 is 6.09. The van der Waals surface area contributed by atoms with E-state index in [2.05, 4.69) is 4.98 Å². The average Bonchev–Trinajstić information content (AvgIpc) is 2.95. The highest BCUT2D eigenvalue weighted by Gasteiger charge is 2.15. The van der Waals surface area contributed by atoms with Crippen LogP contribution in [0.5, 0.6) is 0 Å². The fraction of sp³-hybridized carbons (Fsp3) is 0.0588. The number of hydrogen-bond acceptors (Lipinski definition) is 2. The number of aromatic nitrogens is 2. The number of imidazole rings is 1. The third-order valence-electron chi connectivity index (χ3n) is 3.43. The number of rotatable bonds is 4. The predicted octanol–water partition coefficient (Wildman–Crippen LogP) is 4.09. The van der Waals surface area contributed by atoms with Crippen LogP contribution < -0.4 is 0 Å². The lowest BCUT2D eigenvalue weighted by Crippen LogP contribution is -2.04. The van der Waals surface area contributed by atoms with Gasteiger partial charge in [0.25, 0.3) is 0 Å². The summed E-state index contributed by atoms with van der Waals surface area (Å²) in [5.41, 5.74) is 1.21. The van der Waals surface area contributed by atoms with Crippen LogP contribution >= 0.6 is 11.6 Å². The molecule has 1 N–H and O–H groups in total. The average molecular weight is 331 g/mol. The number of carboxylic acids is 1. The monoisotopic (exact) mass is 330 g/mol. The molecule has 0 atom stereocenters. The van der Waals surface area contributed by atoms with Crippen molar-refractivity contribution in [2.75, 3.05) is 0 Å². The van der Waals surface area contributed by atoms with Gasteiger partial charge in [0.15, 0.2) is 0 Å². The Balaban J connectivity index is 1.99. The van der Waals surface area contributed by atoms with Gasteiger partial charge in [-0.25, -0.2) is 14.2 Å². The number of aromatic carboxylic acids is 1. The first kappa shape index (κ1) is 15.2. The van der Waals surface area contributed by atoms with E-state index < -0.39 is 11.8 Å². The summed E-state index contributed by atoms with van der Waals surface area (Å²) in [7, 11) is 0. The highest BCUT2D eigenvalue weighted by atomic mass is 35.5. The number of hydrogen-bond donors (Lipinski definition) is 1. The normalized spacial score (nSPS) is 10.7. The molecule has 2 aromatic carbocycles. The van der Waals surface area contributed by atoms with E-state index in [0.717, 1.165) is 5.56 Å². The number of benzene rings is 2. The van der Waals surface area contributed by atoms with E-state index in [1.165, 1.54) is 18.2 Å². The van der Waals surface area contributed by atoms with Crippen LogP contribution in [0.4, 0.5) is 4.39 Å². The molecule has 0 unspecified atom stereocenters. The summed E-state index contributed by atoms with van der Waals surface area (Å²) in [6, 6.07) is 11.0. The molecular formula is C17H12ClFN2O2. The van der Waals surface area contributed by atoms with Crippen molar-refractivity contribution < 1.29 is 14.3 Å². The number of carbonyl (C=O) groups is 1. The van der Waals surface area contributed by atoms with Gasteiger partial charge in [-0.3, -0.25) is 0 Å². The Morgan fingerprint density at radius 2 is 2.04 bits per heavy atom. The second-order valence-electron chi connectivity index (χ2n) is 4.98. The molecule has 0 aliphatic rings. The molecule has 0 aliphatic carbocycles. The van der Waals surface area contributed by atoms with Gasteiger partial charge in [0.1, 0.15) is 11.6 Å². The molecule has 1 heterocycles. The Hall–Kier alpha value is -2.66. The van der Waals surface area contributed by atoms with E-state index in [1.807, 2.05) is 0 Å². The summed E-state index contributed by atoms with van der Waals surface area (Å²) in [4.78, 5) is 15.2. The van der Waals surface area contributed by atoms with Gasteiger partial charge in [0, 0.05) is 18.9 Å². The maximum atomic E-state index is 14.1. The molecule has 6 heteroatoms. The molecule has 3 aromatic rings. The Labute approximate surface area is 136 Å². The number of halogens is 2. The number of nitrogens with zero attached hydrogens (tertiary/aromatic N) is 2. The van der Waals surface area contributed by atoms with Gasteiger partial charge >= 0.3 is 5.97 Å². The van der Waals surface area contributed by atoms with Crippen molar-refractivity contribution in [3.05, 3.63) is 76.8 Å². The van der Waals surface area contributed by atoms with Crippen LogP contribution in [0.3, 0.4) is 0 Å². The molecule has 4 nitrogen and oxygen atoms in total. The zero-order valence-electron chi connectivity index (χ0n) is 11.9. The van der Waals surface area contributed by atoms with E-state index in [0.29, 0.717) is 12.4 Å². The first-order valence-corrected chi connectivity index (χ1v) is 7.22. The molecule has 0 spiro atoms. The van der Waals surface area contributed by atoms with E-state index in [4.69, 9.17) is 16.7 Å². The first-order chi connectivity index (χ1) is 11.1. The molecule has 23 heavy (non-hydrogen) atoms. The van der Waals surface area contributed by atoms with Crippen molar-refractivity contribution in [2.45, 2.75) is 6.54 Å². The molecule has 0 saturated heterocycles. The lowest BCUT2D eigenvalue weighted by atomic mass is 10.1. The summed E-state index contributed by atoms with van der Waals surface area (Å²) in [5, 5.41) is 9.33. The summed E-state index contributed by atoms with van der Waals surface area (Å²) < 4.78 is 15.8. The summed E-state index contributed by atoms with van der Waals surface area (Å²) in [5.74, 6) is -1.05. The quantitative estimate of drug-likeness (QED) is 0.784. The lowest BCUT2D eigenvalue weighted by Gasteiger charge is -2.10. The molecule has 0 fully saturated rings. The van der Waals surface area contributed by atoms with E-state index in [-0.39, 0.29) is 16.1 Å². The van der Waals surface area contributed by atoms with Gasteiger partial charge in [-0.05, 0) is 29.8 Å². The molecule has 3 rings (SSSR count). The zero-order chi connectivity index (χ0) is 16.4. The summed E-state index contributed by atoms with van der Waals surface area (Å²) in [6.45, 7) is 0.362. The Kier molecular flexibility index (Phi) is 4.12. The molecule has 0 saturated carbocycles. The van der Waals surface area contributed by atoms with Crippen molar-refractivity contribution in [1.82, 2.24) is 9.55 Å². The van der Waals surface area contributed by atoms with Gasteiger partial charge in [0.2, 0.25) is 0 Å². The van der Waals surface area contributed by atoms with Gasteiger partial charge in [0.05, 0.1) is 16.1 Å². The minimum absolute atomic E-state index is 0.202. The topological polar surface area (TPSA) is 55.1 Å². The fourth-order valence-electron chi connectivity index (χ4n) is 2.38. The second-order valence-corrected chi connectivity index (χ2v) is 5.39. The molecule has 1 aromatic heterocycles. The van der Waals surface area contributed by atoms with E-state index in [9.17, 15) is 9.18 Å². The van der Waals surface area contributed by atoms with Gasteiger partial charge in [-0.15, -0.1) is 0 Å². The number of carboxylic acid groups (broad SMARTS) is 1. The van der Waals surface area contributed by atoms with Crippen LogP contribution in [0.15, 0.2) is 54.9 Å². The minimum Gasteiger partial charge on any atom is -0.478 e. The van der Waals surface area contributed by atoms with Crippen molar-refractivity contribution in [2.24, 2.45) is 0 Å². The highest BCUT2D eigenvalue weighted by Crippen LogP contribution is 2.29. The standard InChI is InChI=1S/C17H12ClFN2O2/c18-13-5-2-6-14(19)15(13)16-20-7-8-21(16)10-11-3-1-4-12(9-11)17(22)23/h1-9H,10H2,(H,22,23). The van der Waals surface area contributed by atoms with Crippen LogP contribution in [0.2, 0.25) is 5.02 Å². The highest BCUT2D eigenvalue weighted by molar-refractivity contribution is 6.33. The Morgan fingerprint density at radius 3 is 2.78 bits per heavy atom. The van der Waals surface area contributed by atoms with Crippen LogP contribution in [0.25, 0.3) is 11.4 Å². The lowest BCUT2D eigenvalue weighted by molar-refractivity contribution is 0.0696. The van der Waals surface area contributed by atoms with E-state index >= 15 is 0 Å². The molecule has 0 radical (unpaired) electrons. The van der Waals surface area contributed by atoms with Gasteiger partial charge in [-0.1, -0.05) is 29.8 Å². The van der Waals surface area contributed by atoms with E-state index in [1.54, 1.807) is 41.2 Å². The van der Waals surface area contributed by atoms with Crippen molar-refractivity contribution in [3.63, 3.8) is 0 Å². The molecule has 0 aliphatic heterocycles. The van der Waals surface area contributed by atoms with Crippen LogP contribution in [0.1, 0.15) is 15.9 Å². The smallest absolute Gasteiger partial charge is 0.335 e. The third-order valence-corrected chi connectivity index (χ3v) is 3.74. The SMILES string of the molecule is O=C(O)c1cccc(Cn2ccnc2-c2c(F)cccc2Cl)c1. The molecule has 0 amide bonds. The summed E-state index contributed by atoms with van der Waals surface area (Å²) in [6.07, 6.45) is 3.25. The van der Waals surface area contributed by atoms with Crippen LogP contribution in [-0.4, -0.2) is 20.6 Å². The molecule has 116 valence electrons. The van der Waals surface area contributed by atoms with Gasteiger partial charge in [-0.2, -0.15) is 0 Å². The maximum absolute atomic E-state index is 14.1. The molecule has 0 bridgehead atoms. The Morgan fingerprint density at radius 1 is 1.26 bits per heavy atom. The van der Waals surface area contributed by atoms with Crippen molar-refractivity contribution in [1.29, 1.82) is 0 Å². The van der Waals surface area contributed by atoms with Crippen LogP contribution in [-0.2, 0) is 6.54 Å². The largest absolute Gasteiger partial charge is 0.478 e. The van der Waals surface area contributed by atoms with Crippen molar-refractivity contribution >= 4 is 17.6 Å². The Bertz CT molecular complexity index is 856. The predicted molar refractivity (Wildman–Crippen MR) is 85.1 cm³/mol. The second kappa shape index (κ2) is 6.22. The zero-order valence-corrected chi connectivity index (χ0v) is 12.7. The minimum atomic E-state index is -0.991. The van der Waals surface area contributed by atoms with Crippen molar-refractivity contribution in [3.8, 4) is 11.4 Å². The fourth-order valence-corrected chi connectivity index (χ4v) is 2.62. The molecular weight excluding hydrogens is 319 g/mol. The first-order valence-electron chi connectivity index (χ1n) is 6.84. The maximum Gasteiger partial charge on any atom is 0.335 e.